The van der Waals surface area contributed by atoms with Gasteiger partial charge in [-0.05, 0) is 61.3 Å². The van der Waals surface area contributed by atoms with Crippen LogP contribution < -0.4 is 15.4 Å². The summed E-state index contributed by atoms with van der Waals surface area (Å²) in [5.41, 5.74) is 4.58. The van der Waals surface area contributed by atoms with Crippen molar-refractivity contribution >= 4 is 27.5 Å². The molecule has 0 amide bonds. The summed E-state index contributed by atoms with van der Waals surface area (Å²) in [6.07, 6.45) is 1.07. The predicted molar refractivity (Wildman–Crippen MR) is 144 cm³/mol. The third-order valence-corrected chi connectivity index (χ3v) is 6.44. The summed E-state index contributed by atoms with van der Waals surface area (Å²) in [5.74, 6) is 0.526. The molecule has 0 fully saturated rings. The maximum absolute atomic E-state index is 12.9. The molecular weight excluding hydrogens is 511 g/mol. The van der Waals surface area contributed by atoms with E-state index in [1.54, 1.807) is 25.6 Å². The van der Waals surface area contributed by atoms with Gasteiger partial charge in [-0.15, -0.1) is 5.10 Å². The Labute approximate surface area is 222 Å². The molecule has 0 aliphatic heterocycles. The zero-order chi connectivity index (χ0) is 27.2. The van der Waals surface area contributed by atoms with Crippen LogP contribution in [0.1, 0.15) is 24.1 Å². The summed E-state index contributed by atoms with van der Waals surface area (Å²) in [5, 5.41) is 22.4. The molecule has 0 saturated carbocycles. The van der Waals surface area contributed by atoms with E-state index in [4.69, 9.17) is 9.47 Å². The molecule has 5 N–H and O–H groups in total. The van der Waals surface area contributed by atoms with Crippen LogP contribution in [0.3, 0.4) is 0 Å². The molecule has 0 radical (unpaired) electrons. The first-order valence-corrected chi connectivity index (χ1v) is 12.7. The van der Waals surface area contributed by atoms with Gasteiger partial charge in [0, 0.05) is 53.6 Å². The Morgan fingerprint density at radius 2 is 1.90 bits per heavy atom. The highest BCUT2D eigenvalue weighted by atomic mass is 19.4. The second-order valence-electron chi connectivity index (χ2n) is 9.18. The number of aromatic amines is 3. The number of methoxy groups -OCH3 is 1. The van der Waals surface area contributed by atoms with E-state index in [1.807, 2.05) is 12.1 Å². The van der Waals surface area contributed by atoms with Gasteiger partial charge < -0.3 is 25.1 Å². The fourth-order valence-electron chi connectivity index (χ4n) is 4.49. The standard InChI is InChI=1S/C27H30F3N7O2/c1-38-26-21(15-34-37-26)17-12-24(22-16-33-36-25(22)13-17)32-7-9-39-8-3-2-6-31-14-20-11-18-10-19(27(28,29)30)4-5-23(18)35-20/h4-5,10-13,15-16,31-32,35H,2-3,6-9,14H2,1H3,(H,33,36)(H,34,37). The Morgan fingerprint density at radius 3 is 2.74 bits per heavy atom. The molecule has 0 aliphatic rings. The number of unbranched alkanes of at least 4 members (excludes halogenated alkanes) is 1. The van der Waals surface area contributed by atoms with Crippen LogP contribution in [-0.4, -0.2) is 58.8 Å². The molecule has 0 atom stereocenters. The van der Waals surface area contributed by atoms with Crippen LogP contribution in [-0.2, 0) is 17.5 Å². The number of H-pyrrole nitrogens is 3. The molecule has 0 unspecified atom stereocenters. The lowest BCUT2D eigenvalue weighted by Crippen LogP contribution is -2.16. The summed E-state index contributed by atoms with van der Waals surface area (Å²) in [7, 11) is 1.59. The lowest BCUT2D eigenvalue weighted by Gasteiger charge is -2.11. The van der Waals surface area contributed by atoms with Crippen molar-refractivity contribution < 1.29 is 22.6 Å². The molecule has 3 heterocycles. The van der Waals surface area contributed by atoms with Crippen LogP contribution in [0.4, 0.5) is 18.9 Å². The van der Waals surface area contributed by atoms with E-state index >= 15 is 0 Å². The summed E-state index contributed by atoms with van der Waals surface area (Å²) >= 11 is 0. The number of alkyl halides is 3. The van der Waals surface area contributed by atoms with Crippen molar-refractivity contribution in [3.63, 3.8) is 0 Å². The van der Waals surface area contributed by atoms with E-state index < -0.39 is 11.7 Å². The molecule has 2 aromatic carbocycles. The lowest BCUT2D eigenvalue weighted by molar-refractivity contribution is -0.137. The highest BCUT2D eigenvalue weighted by Crippen LogP contribution is 2.34. The van der Waals surface area contributed by atoms with Crippen LogP contribution in [0, 0.1) is 0 Å². The van der Waals surface area contributed by atoms with Crippen molar-refractivity contribution in [2.24, 2.45) is 0 Å². The Balaban J connectivity index is 1.01. The molecule has 206 valence electrons. The SMILES string of the molecule is COc1n[nH]cc1-c1cc(NCCOCCCCNCc2cc3cc(C(F)(F)F)ccc3[nH]2)c2cn[nH]c2c1. The van der Waals surface area contributed by atoms with Crippen LogP contribution in [0.25, 0.3) is 32.9 Å². The number of rotatable bonds is 13. The molecular formula is C27H30F3N7O2. The highest BCUT2D eigenvalue weighted by Gasteiger charge is 2.30. The summed E-state index contributed by atoms with van der Waals surface area (Å²) in [6, 6.07) is 9.55. The number of ether oxygens (including phenoxy) is 2. The van der Waals surface area contributed by atoms with Gasteiger partial charge in [0.25, 0.3) is 0 Å². The van der Waals surface area contributed by atoms with Crippen LogP contribution in [0.2, 0.25) is 0 Å². The quantitative estimate of drug-likeness (QED) is 0.127. The van der Waals surface area contributed by atoms with Gasteiger partial charge in [0.1, 0.15) is 0 Å². The molecule has 0 bridgehead atoms. The molecule has 0 saturated heterocycles. The lowest BCUT2D eigenvalue weighted by atomic mass is 10.1. The van der Waals surface area contributed by atoms with Gasteiger partial charge in [-0.25, -0.2) is 0 Å². The van der Waals surface area contributed by atoms with Crippen LogP contribution in [0.15, 0.2) is 48.8 Å². The number of aromatic nitrogens is 5. The minimum absolute atomic E-state index is 0.526. The minimum atomic E-state index is -4.34. The molecule has 12 heteroatoms. The molecule has 39 heavy (non-hydrogen) atoms. The first-order valence-electron chi connectivity index (χ1n) is 12.7. The highest BCUT2D eigenvalue weighted by molar-refractivity contribution is 5.95. The van der Waals surface area contributed by atoms with Gasteiger partial charge in [-0.2, -0.15) is 18.3 Å². The average molecular weight is 542 g/mol. The van der Waals surface area contributed by atoms with E-state index in [0.29, 0.717) is 43.1 Å². The summed E-state index contributed by atoms with van der Waals surface area (Å²) in [4.78, 5) is 3.16. The number of hydrogen-bond acceptors (Lipinski definition) is 6. The van der Waals surface area contributed by atoms with Crippen molar-refractivity contribution in [3.05, 3.63) is 60.0 Å². The second kappa shape index (κ2) is 11.8. The van der Waals surface area contributed by atoms with Crippen LogP contribution in [0.5, 0.6) is 5.88 Å². The maximum Gasteiger partial charge on any atom is 0.416 e. The first kappa shape index (κ1) is 26.6. The zero-order valence-corrected chi connectivity index (χ0v) is 21.4. The van der Waals surface area contributed by atoms with Crippen molar-refractivity contribution in [1.29, 1.82) is 0 Å². The topological polar surface area (TPSA) is 116 Å². The monoisotopic (exact) mass is 541 g/mol. The number of nitrogens with one attached hydrogen (secondary N) is 5. The number of fused-ring (bicyclic) bond motifs is 2. The summed E-state index contributed by atoms with van der Waals surface area (Å²) in [6.45, 7) is 3.19. The van der Waals surface area contributed by atoms with Crippen LogP contribution >= 0.6 is 0 Å². The first-order chi connectivity index (χ1) is 18.9. The fraction of sp³-hybridized carbons (Fsp3) is 0.333. The van der Waals surface area contributed by atoms with E-state index in [0.717, 1.165) is 58.9 Å². The minimum Gasteiger partial charge on any atom is -0.480 e. The molecule has 0 spiro atoms. The van der Waals surface area contributed by atoms with Crippen molar-refractivity contribution in [2.45, 2.75) is 25.6 Å². The smallest absolute Gasteiger partial charge is 0.416 e. The van der Waals surface area contributed by atoms with E-state index in [-0.39, 0.29) is 0 Å². The van der Waals surface area contributed by atoms with E-state index in [1.165, 1.54) is 12.1 Å². The van der Waals surface area contributed by atoms with Gasteiger partial charge in [0.2, 0.25) is 5.88 Å². The third kappa shape index (κ3) is 6.35. The van der Waals surface area contributed by atoms with Crippen molar-refractivity contribution in [1.82, 2.24) is 30.7 Å². The third-order valence-electron chi connectivity index (χ3n) is 6.44. The summed E-state index contributed by atoms with van der Waals surface area (Å²) < 4.78 is 49.8. The molecule has 0 aliphatic carbocycles. The van der Waals surface area contributed by atoms with E-state index in [2.05, 4.69) is 36.0 Å². The number of halogens is 3. The van der Waals surface area contributed by atoms with E-state index in [9.17, 15) is 13.2 Å². The Kier molecular flexibility index (Phi) is 8.03. The Bertz CT molecular complexity index is 1520. The predicted octanol–water partition coefficient (Wildman–Crippen LogP) is 5.46. The average Bonchev–Trinajstić information content (AvgIpc) is 3.67. The van der Waals surface area contributed by atoms with Crippen molar-refractivity contribution in [3.8, 4) is 17.0 Å². The zero-order valence-electron chi connectivity index (χ0n) is 21.4. The normalized spacial score (nSPS) is 12.0. The molecule has 9 nitrogen and oxygen atoms in total. The van der Waals surface area contributed by atoms with Gasteiger partial charge >= 0.3 is 6.18 Å². The number of anilines is 1. The molecule has 5 aromatic rings. The van der Waals surface area contributed by atoms with Gasteiger partial charge in [0.15, 0.2) is 0 Å². The molecule has 5 rings (SSSR count). The largest absolute Gasteiger partial charge is 0.480 e. The Hall–Kier alpha value is -4.03. The second-order valence-corrected chi connectivity index (χ2v) is 9.18. The van der Waals surface area contributed by atoms with Gasteiger partial charge in [-0.1, -0.05) is 0 Å². The molecule has 3 aromatic heterocycles. The number of benzene rings is 2. The number of nitrogens with zero attached hydrogens (tertiary/aromatic N) is 2. The maximum atomic E-state index is 12.9. The van der Waals surface area contributed by atoms with Gasteiger partial charge in [-0.3, -0.25) is 10.2 Å². The fourth-order valence-corrected chi connectivity index (χ4v) is 4.49. The number of hydrogen-bond donors (Lipinski definition) is 5. The van der Waals surface area contributed by atoms with Crippen molar-refractivity contribution in [2.75, 3.05) is 38.7 Å². The van der Waals surface area contributed by atoms with Gasteiger partial charge in [0.05, 0.1) is 36.6 Å². The Morgan fingerprint density at radius 1 is 1.00 bits per heavy atom.